The molecule has 1 amide bonds. The van der Waals surface area contributed by atoms with Gasteiger partial charge in [0.15, 0.2) is 6.23 Å². The molecule has 0 unspecified atom stereocenters. The number of aromatic nitrogens is 4. The average molecular weight is 245 g/mol. The number of nitrogens with two attached hydrogens (primary N) is 1. The van der Waals surface area contributed by atoms with E-state index in [1.165, 1.54) is 0 Å². The second-order valence-corrected chi connectivity index (χ2v) is 3.54. The first kappa shape index (κ1) is 11.9. The zero-order valence-electron chi connectivity index (χ0n) is 8.54. The highest BCUT2D eigenvalue weighted by Crippen LogP contribution is 2.28. The van der Waals surface area contributed by atoms with Gasteiger partial charge < -0.3 is 25.8 Å². The smallest absolute Gasteiger partial charge is 0.288 e. The van der Waals surface area contributed by atoms with Crippen LogP contribution in [-0.4, -0.2) is 66.4 Å². The van der Waals surface area contributed by atoms with Crippen LogP contribution in [0.15, 0.2) is 0 Å². The zero-order valence-corrected chi connectivity index (χ0v) is 8.54. The first-order chi connectivity index (χ1) is 8.06. The lowest BCUT2D eigenvalue weighted by Gasteiger charge is -2.14. The predicted octanol–water partition coefficient (Wildman–Crippen LogP) is -3.62. The van der Waals surface area contributed by atoms with Crippen LogP contribution in [0.4, 0.5) is 0 Å². The van der Waals surface area contributed by atoms with E-state index in [1.807, 2.05) is 0 Å². The predicted molar refractivity (Wildman–Crippen MR) is 49.3 cm³/mol. The lowest BCUT2D eigenvalue weighted by Crippen LogP contribution is -2.34. The minimum absolute atomic E-state index is 0.306. The summed E-state index contributed by atoms with van der Waals surface area (Å²) >= 11 is 0. The van der Waals surface area contributed by atoms with E-state index in [0.29, 0.717) is 0 Å². The molecule has 2 heterocycles. The van der Waals surface area contributed by atoms with E-state index in [2.05, 4.69) is 15.5 Å². The maximum absolute atomic E-state index is 11.0. The fourth-order valence-corrected chi connectivity index (χ4v) is 1.61. The van der Waals surface area contributed by atoms with Gasteiger partial charge in [0.1, 0.15) is 18.3 Å². The van der Waals surface area contributed by atoms with Gasteiger partial charge in [0, 0.05) is 0 Å². The molecule has 1 aromatic rings. The Hall–Kier alpha value is -1.62. The summed E-state index contributed by atoms with van der Waals surface area (Å²) in [6.45, 7) is -0.483. The molecule has 94 valence electrons. The Morgan fingerprint density at radius 1 is 1.47 bits per heavy atom. The number of hydrogen-bond donors (Lipinski definition) is 4. The van der Waals surface area contributed by atoms with Crippen molar-refractivity contribution in [1.29, 1.82) is 0 Å². The molecule has 10 nitrogen and oxygen atoms in total. The topological polar surface area (TPSA) is 157 Å². The van der Waals surface area contributed by atoms with Crippen molar-refractivity contribution in [2.75, 3.05) is 6.61 Å². The number of tetrazole rings is 1. The molecule has 2 rings (SSSR count). The van der Waals surface area contributed by atoms with Crippen LogP contribution in [0.2, 0.25) is 0 Å². The largest absolute Gasteiger partial charge is 0.394 e. The molecule has 0 aromatic carbocycles. The van der Waals surface area contributed by atoms with Gasteiger partial charge in [-0.3, -0.25) is 4.79 Å². The van der Waals surface area contributed by atoms with Crippen LogP contribution in [-0.2, 0) is 4.74 Å². The molecule has 1 aliphatic heterocycles. The number of amides is 1. The first-order valence-electron chi connectivity index (χ1n) is 4.76. The minimum atomic E-state index is -1.37. The van der Waals surface area contributed by atoms with Gasteiger partial charge in [-0.25, -0.2) is 0 Å². The fraction of sp³-hybridized carbons (Fsp3) is 0.714. The third kappa shape index (κ3) is 1.86. The second kappa shape index (κ2) is 4.33. The molecule has 0 bridgehead atoms. The van der Waals surface area contributed by atoms with Crippen LogP contribution in [0.5, 0.6) is 0 Å². The molecule has 1 fully saturated rings. The van der Waals surface area contributed by atoms with Crippen LogP contribution < -0.4 is 5.73 Å². The van der Waals surface area contributed by atoms with Crippen LogP contribution in [0.25, 0.3) is 0 Å². The lowest BCUT2D eigenvalue weighted by atomic mass is 10.1. The third-order valence-corrected chi connectivity index (χ3v) is 2.47. The van der Waals surface area contributed by atoms with Gasteiger partial charge in [-0.05, 0) is 10.4 Å². The summed E-state index contributed by atoms with van der Waals surface area (Å²) in [4.78, 5) is 11.0. The molecular formula is C7H11N5O5. The van der Waals surface area contributed by atoms with Gasteiger partial charge >= 0.3 is 0 Å². The van der Waals surface area contributed by atoms with E-state index in [0.717, 1.165) is 4.68 Å². The Morgan fingerprint density at radius 3 is 2.71 bits per heavy atom. The van der Waals surface area contributed by atoms with Crippen LogP contribution in [0.1, 0.15) is 16.8 Å². The van der Waals surface area contributed by atoms with E-state index in [1.54, 1.807) is 0 Å². The number of hydrogen-bond acceptors (Lipinski definition) is 8. The summed E-state index contributed by atoms with van der Waals surface area (Å²) < 4.78 is 6.00. The third-order valence-electron chi connectivity index (χ3n) is 2.47. The highest BCUT2D eigenvalue weighted by Gasteiger charge is 2.45. The molecule has 1 saturated heterocycles. The summed E-state index contributed by atoms with van der Waals surface area (Å²) in [5.41, 5.74) is 5.02. The fourth-order valence-electron chi connectivity index (χ4n) is 1.61. The Bertz CT molecular complexity index is 423. The number of rotatable bonds is 3. The Labute approximate surface area is 94.6 Å². The first-order valence-corrected chi connectivity index (χ1v) is 4.76. The van der Waals surface area contributed by atoms with Crippen molar-refractivity contribution < 1.29 is 24.9 Å². The molecule has 0 aliphatic carbocycles. The Kier molecular flexibility index (Phi) is 3.02. The Morgan fingerprint density at radius 2 is 2.18 bits per heavy atom. The van der Waals surface area contributed by atoms with Crippen molar-refractivity contribution in [1.82, 2.24) is 20.2 Å². The minimum Gasteiger partial charge on any atom is -0.394 e. The number of ether oxygens (including phenoxy) is 1. The maximum Gasteiger partial charge on any atom is 0.288 e. The summed E-state index contributed by atoms with van der Waals surface area (Å²) in [5.74, 6) is -1.20. The highest BCUT2D eigenvalue weighted by molar-refractivity contribution is 5.88. The summed E-state index contributed by atoms with van der Waals surface area (Å²) in [5, 5.41) is 38.1. The van der Waals surface area contributed by atoms with Crippen LogP contribution in [0, 0.1) is 0 Å². The SMILES string of the molecule is NC(=O)c1nnnn1[C@@H]1O[C@H](CO)[C@@H](O)[C@H]1O. The van der Waals surface area contributed by atoms with Crippen LogP contribution >= 0.6 is 0 Å². The molecular weight excluding hydrogens is 234 g/mol. The van der Waals surface area contributed by atoms with Crippen molar-refractivity contribution >= 4 is 5.91 Å². The molecule has 1 aliphatic rings. The van der Waals surface area contributed by atoms with Gasteiger partial charge in [0.05, 0.1) is 6.61 Å². The number of nitrogens with zero attached hydrogens (tertiary/aromatic N) is 4. The molecule has 0 radical (unpaired) electrons. The summed E-state index contributed by atoms with van der Waals surface area (Å²) in [6, 6.07) is 0. The highest BCUT2D eigenvalue weighted by atomic mass is 16.6. The van der Waals surface area contributed by atoms with Gasteiger partial charge in [-0.2, -0.15) is 4.68 Å². The number of carbonyl (C=O) groups is 1. The van der Waals surface area contributed by atoms with Crippen molar-refractivity contribution in [2.45, 2.75) is 24.5 Å². The van der Waals surface area contributed by atoms with Gasteiger partial charge in [-0.15, -0.1) is 5.10 Å². The standard InChI is InChI=1S/C7H11N5O5/c8-5(16)6-9-10-11-12(6)7-4(15)3(14)2(1-13)17-7/h2-4,7,13-15H,1H2,(H2,8,16)/t2-,3-,4-,7-/m1/s1. The van der Waals surface area contributed by atoms with E-state index in [4.69, 9.17) is 15.6 Å². The van der Waals surface area contributed by atoms with E-state index >= 15 is 0 Å². The molecule has 4 atom stereocenters. The second-order valence-electron chi connectivity index (χ2n) is 3.54. The summed E-state index contributed by atoms with van der Waals surface area (Å²) in [7, 11) is 0. The summed E-state index contributed by atoms with van der Waals surface area (Å²) in [6.07, 6.45) is -4.80. The zero-order chi connectivity index (χ0) is 12.6. The van der Waals surface area contributed by atoms with Crippen molar-refractivity contribution in [3.8, 4) is 0 Å². The number of primary amides is 1. The molecule has 5 N–H and O–H groups in total. The lowest BCUT2D eigenvalue weighted by molar-refractivity contribution is -0.0602. The van der Waals surface area contributed by atoms with Crippen LogP contribution in [0.3, 0.4) is 0 Å². The molecule has 0 spiro atoms. The number of carbonyl (C=O) groups excluding carboxylic acids is 1. The molecule has 0 saturated carbocycles. The number of aliphatic hydroxyl groups excluding tert-OH is 3. The van der Waals surface area contributed by atoms with Crippen molar-refractivity contribution in [3.63, 3.8) is 0 Å². The van der Waals surface area contributed by atoms with Gasteiger partial charge in [0.2, 0.25) is 5.82 Å². The average Bonchev–Trinajstić information content (AvgIpc) is 2.86. The van der Waals surface area contributed by atoms with Crippen molar-refractivity contribution in [3.05, 3.63) is 5.82 Å². The van der Waals surface area contributed by atoms with E-state index in [-0.39, 0.29) is 5.82 Å². The monoisotopic (exact) mass is 245 g/mol. The molecule has 17 heavy (non-hydrogen) atoms. The van der Waals surface area contributed by atoms with Crippen molar-refractivity contribution in [2.24, 2.45) is 5.73 Å². The molecule has 10 heteroatoms. The Balaban J connectivity index is 2.29. The van der Waals surface area contributed by atoms with Gasteiger partial charge in [-0.1, -0.05) is 0 Å². The quantitative estimate of drug-likeness (QED) is 0.425. The maximum atomic E-state index is 11.0. The van der Waals surface area contributed by atoms with E-state index < -0.39 is 37.1 Å². The normalized spacial score (nSPS) is 32.9. The van der Waals surface area contributed by atoms with Gasteiger partial charge in [0.25, 0.3) is 5.91 Å². The molecule has 1 aromatic heterocycles. The van der Waals surface area contributed by atoms with E-state index in [9.17, 15) is 15.0 Å². The number of aliphatic hydroxyl groups is 3.